The van der Waals surface area contributed by atoms with Gasteiger partial charge in [0, 0.05) is 18.8 Å². The minimum Gasteiger partial charge on any atom is -0.468 e. The highest BCUT2D eigenvalue weighted by atomic mass is 16.5. The third kappa shape index (κ3) is 7.11. The summed E-state index contributed by atoms with van der Waals surface area (Å²) in [6.07, 6.45) is 0.323. The zero-order valence-electron chi connectivity index (χ0n) is 18.4. The number of carbonyl (C=O) groups is 3. The molecule has 0 aliphatic carbocycles. The van der Waals surface area contributed by atoms with E-state index in [1.807, 2.05) is 27.7 Å². The number of ether oxygens (including phenoxy) is 2. The zero-order valence-corrected chi connectivity index (χ0v) is 18.4. The number of amides is 2. The number of carbonyl (C=O) groups excluding carboxylic acids is 3. The van der Waals surface area contributed by atoms with Crippen molar-refractivity contribution in [3.05, 3.63) is 29.8 Å². The molecular weight excluding hydrogens is 386 g/mol. The second-order valence-electron chi connectivity index (χ2n) is 8.12. The van der Waals surface area contributed by atoms with Gasteiger partial charge in [-0.1, -0.05) is 26.0 Å². The van der Waals surface area contributed by atoms with Crippen molar-refractivity contribution in [1.82, 2.24) is 10.2 Å². The Hall–Kier alpha value is -2.45. The van der Waals surface area contributed by atoms with Gasteiger partial charge in [0.05, 0.1) is 31.8 Å². The first-order valence-corrected chi connectivity index (χ1v) is 10.3. The number of esters is 1. The van der Waals surface area contributed by atoms with Crippen molar-refractivity contribution in [2.24, 2.45) is 5.92 Å². The summed E-state index contributed by atoms with van der Waals surface area (Å²) in [6.45, 7) is 9.44. The number of nitrogens with zero attached hydrogens (tertiary/aromatic N) is 1. The van der Waals surface area contributed by atoms with Gasteiger partial charge in [-0.15, -0.1) is 0 Å². The molecule has 1 aliphatic rings. The number of benzene rings is 1. The van der Waals surface area contributed by atoms with E-state index in [-0.39, 0.29) is 48.9 Å². The Balaban J connectivity index is 1.95. The fourth-order valence-electron chi connectivity index (χ4n) is 3.75. The highest BCUT2D eigenvalue weighted by Gasteiger charge is 2.34. The lowest BCUT2D eigenvalue weighted by Gasteiger charge is -2.41. The van der Waals surface area contributed by atoms with E-state index in [9.17, 15) is 14.4 Å². The van der Waals surface area contributed by atoms with Crippen molar-refractivity contribution in [2.45, 2.75) is 52.4 Å². The summed E-state index contributed by atoms with van der Waals surface area (Å²) < 4.78 is 10.3. The summed E-state index contributed by atoms with van der Waals surface area (Å²) in [6, 6.07) is 6.89. The zero-order chi connectivity index (χ0) is 22.3. The summed E-state index contributed by atoms with van der Waals surface area (Å²) in [5.74, 6) is -0.659. The average molecular weight is 420 g/mol. The lowest BCUT2D eigenvalue weighted by atomic mass is 9.99. The van der Waals surface area contributed by atoms with Gasteiger partial charge in [-0.2, -0.15) is 0 Å². The molecule has 8 heteroatoms. The van der Waals surface area contributed by atoms with E-state index in [4.69, 9.17) is 4.74 Å². The lowest BCUT2D eigenvalue weighted by molar-refractivity contribution is -0.141. The van der Waals surface area contributed by atoms with E-state index >= 15 is 0 Å². The van der Waals surface area contributed by atoms with Crippen LogP contribution in [0.3, 0.4) is 0 Å². The number of methoxy groups -OCH3 is 1. The third-order valence-electron chi connectivity index (χ3n) is 4.99. The molecule has 3 unspecified atom stereocenters. The van der Waals surface area contributed by atoms with E-state index in [1.165, 1.54) is 7.11 Å². The molecule has 30 heavy (non-hydrogen) atoms. The van der Waals surface area contributed by atoms with Crippen LogP contribution in [0.5, 0.6) is 0 Å². The van der Waals surface area contributed by atoms with E-state index in [2.05, 4.69) is 20.3 Å². The maximum absolute atomic E-state index is 13.0. The number of hydrogen-bond donors (Lipinski definition) is 2. The first-order valence-electron chi connectivity index (χ1n) is 10.3. The molecule has 3 atom stereocenters. The van der Waals surface area contributed by atoms with Crippen molar-refractivity contribution < 1.29 is 23.9 Å². The number of hydrogen-bond acceptors (Lipinski definition) is 6. The number of morpholine rings is 1. The van der Waals surface area contributed by atoms with Crippen LogP contribution < -0.4 is 10.6 Å². The highest BCUT2D eigenvalue weighted by Crippen LogP contribution is 2.20. The molecule has 1 saturated heterocycles. The van der Waals surface area contributed by atoms with Crippen LogP contribution in [0.4, 0.5) is 5.69 Å². The predicted octanol–water partition coefficient (Wildman–Crippen LogP) is 1.59. The molecule has 0 spiro atoms. The Morgan fingerprint density at radius 2 is 1.73 bits per heavy atom. The van der Waals surface area contributed by atoms with Crippen molar-refractivity contribution in [1.29, 1.82) is 0 Å². The summed E-state index contributed by atoms with van der Waals surface area (Å²) in [5.41, 5.74) is 1.46. The molecule has 166 valence electrons. The summed E-state index contributed by atoms with van der Waals surface area (Å²) in [5, 5.41) is 5.50. The lowest BCUT2D eigenvalue weighted by Crippen LogP contribution is -2.55. The van der Waals surface area contributed by atoms with Gasteiger partial charge in [0.25, 0.3) is 0 Å². The molecule has 1 aliphatic heterocycles. The summed E-state index contributed by atoms with van der Waals surface area (Å²) in [7, 11) is 1.27. The molecule has 8 nitrogen and oxygen atoms in total. The van der Waals surface area contributed by atoms with Crippen LogP contribution in [-0.2, 0) is 30.3 Å². The number of rotatable bonds is 8. The molecule has 0 saturated carbocycles. The molecule has 0 aromatic heterocycles. The van der Waals surface area contributed by atoms with E-state index in [1.54, 1.807) is 24.3 Å². The molecule has 2 rings (SSSR count). The van der Waals surface area contributed by atoms with Crippen LogP contribution in [0, 0.1) is 5.92 Å². The maximum atomic E-state index is 13.0. The minimum atomic E-state index is -0.495. The summed E-state index contributed by atoms with van der Waals surface area (Å²) in [4.78, 5) is 38.2. The van der Waals surface area contributed by atoms with Gasteiger partial charge in [-0.05, 0) is 37.5 Å². The van der Waals surface area contributed by atoms with Crippen LogP contribution in [-0.4, -0.2) is 67.7 Å². The van der Waals surface area contributed by atoms with E-state index < -0.39 is 5.97 Å². The summed E-state index contributed by atoms with van der Waals surface area (Å²) >= 11 is 0. The van der Waals surface area contributed by atoms with Crippen molar-refractivity contribution >= 4 is 23.5 Å². The molecule has 2 amide bonds. The van der Waals surface area contributed by atoms with Gasteiger partial charge in [0.1, 0.15) is 6.54 Å². The monoisotopic (exact) mass is 419 g/mol. The van der Waals surface area contributed by atoms with Gasteiger partial charge in [-0.25, -0.2) is 0 Å². The minimum absolute atomic E-state index is 0.0464. The SMILES string of the molecule is COC(=O)CNC(=O)Cc1ccc(NC(=O)C(C(C)C)N2CC(C)OC(C)C2)cc1. The molecule has 0 bridgehead atoms. The predicted molar refractivity (Wildman–Crippen MR) is 114 cm³/mol. The molecule has 1 fully saturated rings. The van der Waals surface area contributed by atoms with Gasteiger partial charge >= 0.3 is 5.97 Å². The Morgan fingerprint density at radius 1 is 1.13 bits per heavy atom. The van der Waals surface area contributed by atoms with Crippen LogP contribution in [0.1, 0.15) is 33.3 Å². The first-order chi connectivity index (χ1) is 14.2. The number of anilines is 1. The topological polar surface area (TPSA) is 97.0 Å². The Labute approximate surface area is 178 Å². The van der Waals surface area contributed by atoms with Gasteiger partial charge < -0.3 is 20.1 Å². The van der Waals surface area contributed by atoms with Gasteiger partial charge in [-0.3, -0.25) is 19.3 Å². The maximum Gasteiger partial charge on any atom is 0.325 e. The van der Waals surface area contributed by atoms with E-state index in [0.717, 1.165) is 18.7 Å². The Bertz CT molecular complexity index is 725. The molecule has 1 aromatic carbocycles. The van der Waals surface area contributed by atoms with Crippen molar-refractivity contribution in [3.8, 4) is 0 Å². The molecule has 1 aromatic rings. The van der Waals surface area contributed by atoms with Crippen LogP contribution in [0.2, 0.25) is 0 Å². The Kier molecular flexibility index (Phi) is 8.80. The van der Waals surface area contributed by atoms with Gasteiger partial charge in [0.2, 0.25) is 11.8 Å². The normalized spacial score (nSPS) is 20.5. The van der Waals surface area contributed by atoms with Crippen LogP contribution in [0.25, 0.3) is 0 Å². The first kappa shape index (κ1) is 23.8. The highest BCUT2D eigenvalue weighted by molar-refractivity contribution is 5.95. The largest absolute Gasteiger partial charge is 0.468 e. The fraction of sp³-hybridized carbons (Fsp3) is 0.591. The molecular formula is C22H33N3O5. The smallest absolute Gasteiger partial charge is 0.325 e. The Morgan fingerprint density at radius 3 is 2.27 bits per heavy atom. The molecule has 1 heterocycles. The quantitative estimate of drug-likeness (QED) is 0.621. The standard InChI is InChI=1S/C22H33N3O5/c1-14(2)21(25-12-15(3)30-16(4)13-25)22(28)24-18-8-6-17(7-9-18)10-19(26)23-11-20(27)29-5/h6-9,14-16,21H,10-13H2,1-5H3,(H,23,26)(H,24,28). The van der Waals surface area contributed by atoms with Crippen molar-refractivity contribution in [3.63, 3.8) is 0 Å². The van der Waals surface area contributed by atoms with Crippen LogP contribution in [0.15, 0.2) is 24.3 Å². The number of nitrogens with one attached hydrogen (secondary N) is 2. The van der Waals surface area contributed by atoms with E-state index in [0.29, 0.717) is 5.69 Å². The van der Waals surface area contributed by atoms with Crippen LogP contribution >= 0.6 is 0 Å². The average Bonchev–Trinajstić information content (AvgIpc) is 2.66. The molecule has 0 radical (unpaired) electrons. The van der Waals surface area contributed by atoms with Gasteiger partial charge in [0.15, 0.2) is 0 Å². The molecule has 2 N–H and O–H groups in total. The second-order valence-corrected chi connectivity index (χ2v) is 8.12. The third-order valence-corrected chi connectivity index (χ3v) is 4.99. The second kappa shape index (κ2) is 11.1. The van der Waals surface area contributed by atoms with Crippen molar-refractivity contribution in [2.75, 3.05) is 32.1 Å². The fourth-order valence-corrected chi connectivity index (χ4v) is 3.75.